The summed E-state index contributed by atoms with van der Waals surface area (Å²) in [5.41, 5.74) is 0.466. The minimum Gasteiger partial charge on any atom is -0.491 e. The molecule has 2 aliphatic carbocycles. The molecule has 0 amide bonds. The largest absolute Gasteiger partial charge is 0.491 e. The van der Waals surface area contributed by atoms with Crippen LogP contribution in [-0.2, 0) is 14.3 Å². The van der Waals surface area contributed by atoms with Gasteiger partial charge in [0.15, 0.2) is 0 Å². The number of esters is 1. The average molecular weight is 234 g/mol. The van der Waals surface area contributed by atoms with E-state index in [1.807, 2.05) is 6.92 Å². The summed E-state index contributed by atoms with van der Waals surface area (Å²) in [4.78, 5) is 11.6. The molecule has 5 atom stereocenters. The molecule has 0 spiro atoms. The molecule has 0 N–H and O–H groups in total. The van der Waals surface area contributed by atoms with Gasteiger partial charge in [-0.3, -0.25) is 0 Å². The van der Waals surface area contributed by atoms with E-state index < -0.39 is 0 Å². The monoisotopic (exact) mass is 234 g/mol. The lowest BCUT2D eigenvalue weighted by molar-refractivity contribution is -0.151. The molecule has 2 bridgehead atoms. The Hall–Kier alpha value is -1.25. The number of ether oxygens (including phenoxy) is 2. The third kappa shape index (κ3) is 1.44. The Labute approximate surface area is 101 Å². The van der Waals surface area contributed by atoms with Gasteiger partial charge in [0, 0.05) is 23.3 Å². The Morgan fingerprint density at radius 1 is 1.53 bits per heavy atom. The quantitative estimate of drug-likeness (QED) is 0.544. The van der Waals surface area contributed by atoms with Crippen molar-refractivity contribution < 1.29 is 14.3 Å². The van der Waals surface area contributed by atoms with E-state index >= 15 is 0 Å². The standard InChI is InChI=1S/C14H18O3/c1-4-11-9-5-8-6-10(9)13(16-11)12(8)17-14(15)7(2)3/h4,8-10,12-13H,2,5-6H2,1,3H3. The second-order valence-electron chi connectivity index (χ2n) is 5.43. The highest BCUT2D eigenvalue weighted by Gasteiger charge is 2.61. The highest BCUT2D eigenvalue weighted by Crippen LogP contribution is 2.58. The first-order valence-corrected chi connectivity index (χ1v) is 6.31. The van der Waals surface area contributed by atoms with Gasteiger partial charge in [-0.05, 0) is 32.8 Å². The zero-order valence-corrected chi connectivity index (χ0v) is 10.3. The molecule has 1 saturated heterocycles. The molecule has 3 nitrogen and oxygen atoms in total. The fourth-order valence-corrected chi connectivity index (χ4v) is 3.65. The zero-order chi connectivity index (χ0) is 12.2. The van der Waals surface area contributed by atoms with Crippen molar-refractivity contribution in [2.45, 2.75) is 38.9 Å². The van der Waals surface area contributed by atoms with Crippen molar-refractivity contribution in [1.29, 1.82) is 0 Å². The summed E-state index contributed by atoms with van der Waals surface area (Å²) >= 11 is 0. The molecule has 1 aliphatic heterocycles. The van der Waals surface area contributed by atoms with Gasteiger partial charge in [0.25, 0.3) is 0 Å². The summed E-state index contributed by atoms with van der Waals surface area (Å²) in [6.07, 6.45) is 4.34. The Morgan fingerprint density at radius 3 is 2.94 bits per heavy atom. The first-order valence-electron chi connectivity index (χ1n) is 6.31. The van der Waals surface area contributed by atoms with E-state index in [0.717, 1.165) is 18.6 Å². The summed E-state index contributed by atoms with van der Waals surface area (Å²) in [6, 6.07) is 0. The van der Waals surface area contributed by atoms with Gasteiger partial charge in [0.1, 0.15) is 12.2 Å². The Balaban J connectivity index is 1.78. The van der Waals surface area contributed by atoms with Gasteiger partial charge in [0.05, 0.1) is 5.76 Å². The van der Waals surface area contributed by atoms with Crippen LogP contribution < -0.4 is 0 Å². The third-order valence-electron chi connectivity index (χ3n) is 4.37. The van der Waals surface area contributed by atoms with Gasteiger partial charge in [-0.2, -0.15) is 0 Å². The lowest BCUT2D eigenvalue weighted by atomic mass is 9.87. The summed E-state index contributed by atoms with van der Waals surface area (Å²) in [7, 11) is 0. The lowest BCUT2D eigenvalue weighted by Crippen LogP contribution is -2.36. The van der Waals surface area contributed by atoms with Crippen molar-refractivity contribution in [3.05, 3.63) is 24.0 Å². The van der Waals surface area contributed by atoms with E-state index in [9.17, 15) is 4.79 Å². The molecule has 3 heteroatoms. The molecule has 92 valence electrons. The molecule has 5 unspecified atom stereocenters. The van der Waals surface area contributed by atoms with Crippen LogP contribution in [0.5, 0.6) is 0 Å². The smallest absolute Gasteiger partial charge is 0.333 e. The van der Waals surface area contributed by atoms with Crippen LogP contribution in [0.25, 0.3) is 0 Å². The van der Waals surface area contributed by atoms with E-state index in [1.165, 1.54) is 0 Å². The number of carbonyl (C=O) groups excluding carboxylic acids is 1. The van der Waals surface area contributed by atoms with Crippen LogP contribution in [0.1, 0.15) is 26.7 Å². The van der Waals surface area contributed by atoms with Crippen LogP contribution >= 0.6 is 0 Å². The third-order valence-corrected chi connectivity index (χ3v) is 4.37. The first-order chi connectivity index (χ1) is 8.11. The Kier molecular flexibility index (Phi) is 2.32. The fourth-order valence-electron chi connectivity index (χ4n) is 3.65. The van der Waals surface area contributed by atoms with Gasteiger partial charge < -0.3 is 9.47 Å². The van der Waals surface area contributed by atoms with Crippen molar-refractivity contribution >= 4 is 5.97 Å². The van der Waals surface area contributed by atoms with Gasteiger partial charge in [-0.15, -0.1) is 0 Å². The Bertz CT molecular complexity index is 410. The highest BCUT2D eigenvalue weighted by atomic mass is 16.6. The van der Waals surface area contributed by atoms with E-state index in [1.54, 1.807) is 6.92 Å². The van der Waals surface area contributed by atoms with Gasteiger partial charge in [-0.25, -0.2) is 4.79 Å². The molecular formula is C14H18O3. The van der Waals surface area contributed by atoms with Gasteiger partial charge >= 0.3 is 5.97 Å². The number of hydrogen-bond acceptors (Lipinski definition) is 3. The summed E-state index contributed by atoms with van der Waals surface area (Å²) in [5.74, 6) is 2.45. The first kappa shape index (κ1) is 10.9. The second-order valence-corrected chi connectivity index (χ2v) is 5.43. The maximum absolute atomic E-state index is 11.6. The van der Waals surface area contributed by atoms with E-state index in [4.69, 9.17) is 9.47 Å². The number of hydrogen-bond donors (Lipinski definition) is 0. The molecule has 3 fully saturated rings. The van der Waals surface area contributed by atoms with Gasteiger partial charge in [0.2, 0.25) is 0 Å². The van der Waals surface area contributed by atoms with Crippen molar-refractivity contribution in [2.75, 3.05) is 0 Å². The Morgan fingerprint density at radius 2 is 2.29 bits per heavy atom. The van der Waals surface area contributed by atoms with Crippen LogP contribution in [-0.4, -0.2) is 18.2 Å². The minimum absolute atomic E-state index is 0.0575. The SMILES string of the molecule is C=C(C)C(=O)OC1C2CC3C(=CC)OC1C3C2. The molecule has 17 heavy (non-hydrogen) atoms. The summed E-state index contributed by atoms with van der Waals surface area (Å²) in [6.45, 7) is 7.33. The molecular weight excluding hydrogens is 216 g/mol. The van der Waals surface area contributed by atoms with Crippen molar-refractivity contribution in [1.82, 2.24) is 0 Å². The fraction of sp³-hybridized carbons (Fsp3) is 0.643. The van der Waals surface area contributed by atoms with Crippen molar-refractivity contribution in [3.8, 4) is 0 Å². The average Bonchev–Trinajstić information content (AvgIpc) is 2.88. The number of rotatable bonds is 2. The van der Waals surface area contributed by atoms with Crippen LogP contribution in [0.2, 0.25) is 0 Å². The number of carbonyl (C=O) groups is 1. The predicted molar refractivity (Wildman–Crippen MR) is 63.0 cm³/mol. The number of allylic oxidation sites excluding steroid dienone is 2. The van der Waals surface area contributed by atoms with Crippen LogP contribution in [0.15, 0.2) is 24.0 Å². The van der Waals surface area contributed by atoms with E-state index in [-0.39, 0.29) is 18.2 Å². The molecule has 0 radical (unpaired) electrons. The topological polar surface area (TPSA) is 35.5 Å². The van der Waals surface area contributed by atoms with Crippen molar-refractivity contribution in [3.63, 3.8) is 0 Å². The molecule has 0 aromatic carbocycles. The molecule has 2 saturated carbocycles. The van der Waals surface area contributed by atoms with Gasteiger partial charge in [-0.1, -0.05) is 6.58 Å². The normalized spacial score (nSPS) is 43.9. The summed E-state index contributed by atoms with van der Waals surface area (Å²) < 4.78 is 11.5. The second kappa shape index (κ2) is 3.62. The van der Waals surface area contributed by atoms with Crippen LogP contribution in [0.4, 0.5) is 0 Å². The highest BCUT2D eigenvalue weighted by molar-refractivity contribution is 5.87. The number of fused-ring (bicyclic) bond motifs is 1. The maximum Gasteiger partial charge on any atom is 0.333 e. The maximum atomic E-state index is 11.6. The zero-order valence-electron chi connectivity index (χ0n) is 10.3. The van der Waals surface area contributed by atoms with E-state index in [0.29, 0.717) is 23.3 Å². The van der Waals surface area contributed by atoms with Crippen LogP contribution in [0.3, 0.4) is 0 Å². The minimum atomic E-state index is -0.281. The predicted octanol–water partition coefficient (Wildman–Crippen LogP) is 2.43. The summed E-state index contributed by atoms with van der Waals surface area (Å²) in [5, 5.41) is 0. The van der Waals surface area contributed by atoms with E-state index in [2.05, 4.69) is 12.7 Å². The molecule has 3 aliphatic rings. The molecule has 1 heterocycles. The molecule has 0 aromatic heterocycles. The molecule has 3 rings (SSSR count). The van der Waals surface area contributed by atoms with Crippen molar-refractivity contribution in [2.24, 2.45) is 17.8 Å². The molecule has 0 aromatic rings. The van der Waals surface area contributed by atoms with Crippen LogP contribution in [0, 0.1) is 17.8 Å². The lowest BCUT2D eigenvalue weighted by Gasteiger charge is -2.25.